The third kappa shape index (κ3) is 5.30. The van der Waals surface area contributed by atoms with Gasteiger partial charge >= 0.3 is 0 Å². The van der Waals surface area contributed by atoms with Crippen molar-refractivity contribution in [1.82, 2.24) is 15.3 Å². The van der Waals surface area contributed by atoms with Crippen LogP contribution >= 0.6 is 0 Å². The van der Waals surface area contributed by atoms with E-state index in [0.29, 0.717) is 18.1 Å². The highest BCUT2D eigenvalue weighted by molar-refractivity contribution is 5.94. The van der Waals surface area contributed by atoms with E-state index in [2.05, 4.69) is 20.6 Å². The molecule has 0 atom stereocenters. The van der Waals surface area contributed by atoms with E-state index >= 15 is 0 Å². The number of aryl methyl sites for hydroxylation is 2. The summed E-state index contributed by atoms with van der Waals surface area (Å²) in [5.41, 5.74) is 4.40. The molecule has 0 saturated carbocycles. The average Bonchev–Trinajstić information content (AvgIpc) is 2.68. The minimum atomic E-state index is -0.0947. The van der Waals surface area contributed by atoms with Gasteiger partial charge in [-0.2, -0.15) is 0 Å². The molecule has 144 valence electrons. The van der Waals surface area contributed by atoms with Crippen LogP contribution in [-0.4, -0.2) is 29.5 Å². The fourth-order valence-electron chi connectivity index (χ4n) is 2.83. The van der Waals surface area contributed by atoms with Crippen molar-refractivity contribution in [3.05, 3.63) is 77.1 Å². The molecule has 3 rings (SSSR count). The lowest BCUT2D eigenvalue weighted by molar-refractivity contribution is 0.0954. The van der Waals surface area contributed by atoms with Crippen LogP contribution in [0.25, 0.3) is 0 Å². The van der Waals surface area contributed by atoms with E-state index in [1.165, 1.54) is 0 Å². The summed E-state index contributed by atoms with van der Waals surface area (Å²) < 4.78 is 5.15. The Morgan fingerprint density at radius 2 is 1.61 bits per heavy atom. The van der Waals surface area contributed by atoms with Gasteiger partial charge in [0.1, 0.15) is 5.75 Å². The second kappa shape index (κ2) is 8.99. The Morgan fingerprint density at radius 3 is 2.21 bits per heavy atom. The van der Waals surface area contributed by atoms with Crippen LogP contribution in [0.5, 0.6) is 5.75 Å². The Bertz CT molecular complexity index is 918. The van der Waals surface area contributed by atoms with Gasteiger partial charge in [-0.15, -0.1) is 0 Å². The predicted molar refractivity (Wildman–Crippen MR) is 110 cm³/mol. The molecule has 0 unspecified atom stereocenters. The van der Waals surface area contributed by atoms with Crippen LogP contribution in [0.2, 0.25) is 0 Å². The highest BCUT2D eigenvalue weighted by Gasteiger charge is 2.06. The molecule has 1 aromatic heterocycles. The summed E-state index contributed by atoms with van der Waals surface area (Å²) in [5, 5.41) is 6.11. The minimum Gasteiger partial charge on any atom is -0.497 e. The molecule has 6 nitrogen and oxygen atoms in total. The van der Waals surface area contributed by atoms with Crippen molar-refractivity contribution in [1.29, 1.82) is 0 Å². The van der Waals surface area contributed by atoms with E-state index in [4.69, 9.17) is 4.74 Å². The number of anilines is 2. The second-order valence-electron chi connectivity index (χ2n) is 6.53. The zero-order chi connectivity index (χ0) is 19.9. The zero-order valence-corrected chi connectivity index (χ0v) is 16.3. The normalized spacial score (nSPS) is 10.4. The first-order valence-corrected chi connectivity index (χ1v) is 9.14. The quantitative estimate of drug-likeness (QED) is 0.656. The standard InChI is InChI=1S/C22H24N4O2/c1-15-14-16(2)25-22(24-15)26-19-8-6-18(7-9-19)21(27)23-13-12-17-4-10-20(28-3)11-5-17/h4-11,14H,12-13H2,1-3H3,(H,23,27)(H,24,25,26). The number of rotatable bonds is 7. The molecule has 0 aliphatic heterocycles. The lowest BCUT2D eigenvalue weighted by atomic mass is 10.1. The molecule has 1 heterocycles. The van der Waals surface area contributed by atoms with Crippen molar-refractivity contribution >= 4 is 17.5 Å². The summed E-state index contributed by atoms with van der Waals surface area (Å²) in [4.78, 5) is 21.0. The van der Waals surface area contributed by atoms with Gasteiger partial charge in [-0.25, -0.2) is 9.97 Å². The first-order valence-electron chi connectivity index (χ1n) is 9.14. The Labute approximate surface area is 165 Å². The molecule has 6 heteroatoms. The fourth-order valence-corrected chi connectivity index (χ4v) is 2.83. The van der Waals surface area contributed by atoms with E-state index in [-0.39, 0.29) is 5.91 Å². The molecule has 0 aliphatic carbocycles. The van der Waals surface area contributed by atoms with Gasteiger partial charge in [0.05, 0.1) is 7.11 Å². The van der Waals surface area contributed by atoms with Crippen LogP contribution in [0.3, 0.4) is 0 Å². The maximum absolute atomic E-state index is 12.3. The summed E-state index contributed by atoms with van der Waals surface area (Å²) in [6, 6.07) is 17.0. The van der Waals surface area contributed by atoms with Gasteiger partial charge in [-0.1, -0.05) is 12.1 Å². The third-order valence-electron chi connectivity index (χ3n) is 4.24. The molecule has 2 N–H and O–H groups in total. The predicted octanol–water partition coefficient (Wildman–Crippen LogP) is 3.82. The van der Waals surface area contributed by atoms with Gasteiger partial charge in [0.25, 0.3) is 5.91 Å². The van der Waals surface area contributed by atoms with Crippen molar-refractivity contribution < 1.29 is 9.53 Å². The van der Waals surface area contributed by atoms with Gasteiger partial charge in [0.2, 0.25) is 5.95 Å². The van der Waals surface area contributed by atoms with E-state index in [1.807, 2.05) is 56.3 Å². The number of nitrogens with zero attached hydrogens (tertiary/aromatic N) is 2. The number of aromatic nitrogens is 2. The Morgan fingerprint density at radius 1 is 0.964 bits per heavy atom. The number of nitrogens with one attached hydrogen (secondary N) is 2. The van der Waals surface area contributed by atoms with Gasteiger partial charge in [-0.05, 0) is 68.3 Å². The molecule has 0 bridgehead atoms. The zero-order valence-electron chi connectivity index (χ0n) is 16.3. The van der Waals surface area contributed by atoms with E-state index in [9.17, 15) is 4.79 Å². The Balaban J connectivity index is 1.52. The topological polar surface area (TPSA) is 76.1 Å². The SMILES string of the molecule is COc1ccc(CCNC(=O)c2ccc(Nc3nc(C)cc(C)n3)cc2)cc1. The van der Waals surface area contributed by atoms with Gasteiger partial charge in [0.15, 0.2) is 0 Å². The largest absolute Gasteiger partial charge is 0.497 e. The van der Waals surface area contributed by atoms with Gasteiger partial charge < -0.3 is 15.4 Å². The van der Waals surface area contributed by atoms with Crippen molar-refractivity contribution in [2.45, 2.75) is 20.3 Å². The summed E-state index contributed by atoms with van der Waals surface area (Å²) in [6.45, 7) is 4.43. The maximum Gasteiger partial charge on any atom is 0.251 e. The highest BCUT2D eigenvalue weighted by atomic mass is 16.5. The molecule has 28 heavy (non-hydrogen) atoms. The Kier molecular flexibility index (Phi) is 6.22. The van der Waals surface area contributed by atoms with Crippen LogP contribution < -0.4 is 15.4 Å². The molecule has 1 amide bonds. The smallest absolute Gasteiger partial charge is 0.251 e. The van der Waals surface area contributed by atoms with Crippen LogP contribution in [0.1, 0.15) is 27.3 Å². The molecule has 0 aliphatic rings. The highest BCUT2D eigenvalue weighted by Crippen LogP contribution is 2.15. The number of carbonyl (C=O) groups is 1. The van der Waals surface area contributed by atoms with Crippen LogP contribution in [0.15, 0.2) is 54.6 Å². The van der Waals surface area contributed by atoms with Gasteiger partial charge in [-0.3, -0.25) is 4.79 Å². The lowest BCUT2D eigenvalue weighted by Gasteiger charge is -2.09. The van der Waals surface area contributed by atoms with Crippen LogP contribution in [0, 0.1) is 13.8 Å². The summed E-state index contributed by atoms with van der Waals surface area (Å²) in [6.07, 6.45) is 0.763. The van der Waals surface area contributed by atoms with Crippen molar-refractivity contribution in [2.75, 3.05) is 19.0 Å². The molecule has 0 radical (unpaired) electrons. The van der Waals surface area contributed by atoms with Crippen molar-refractivity contribution in [3.63, 3.8) is 0 Å². The minimum absolute atomic E-state index is 0.0947. The number of ether oxygens (including phenoxy) is 1. The van der Waals surface area contributed by atoms with E-state index < -0.39 is 0 Å². The fraction of sp³-hybridized carbons (Fsp3) is 0.227. The number of methoxy groups -OCH3 is 1. The first kappa shape index (κ1) is 19.4. The second-order valence-corrected chi connectivity index (χ2v) is 6.53. The maximum atomic E-state index is 12.3. The number of hydrogen-bond acceptors (Lipinski definition) is 5. The number of benzene rings is 2. The van der Waals surface area contributed by atoms with E-state index in [0.717, 1.165) is 34.8 Å². The number of carbonyl (C=O) groups excluding carboxylic acids is 1. The molecule has 0 saturated heterocycles. The number of amides is 1. The molecule has 3 aromatic rings. The van der Waals surface area contributed by atoms with Gasteiger partial charge in [0, 0.05) is 29.2 Å². The van der Waals surface area contributed by atoms with Crippen LogP contribution in [-0.2, 0) is 6.42 Å². The van der Waals surface area contributed by atoms with E-state index in [1.54, 1.807) is 19.2 Å². The summed E-state index contributed by atoms with van der Waals surface area (Å²) in [5.74, 6) is 1.28. The summed E-state index contributed by atoms with van der Waals surface area (Å²) >= 11 is 0. The summed E-state index contributed by atoms with van der Waals surface area (Å²) in [7, 11) is 1.64. The molecule has 0 fully saturated rings. The average molecular weight is 376 g/mol. The van der Waals surface area contributed by atoms with Crippen molar-refractivity contribution in [3.8, 4) is 5.75 Å². The Hall–Kier alpha value is -3.41. The van der Waals surface area contributed by atoms with Crippen LogP contribution in [0.4, 0.5) is 11.6 Å². The molecule has 0 spiro atoms. The monoisotopic (exact) mass is 376 g/mol. The first-order chi connectivity index (χ1) is 13.5. The lowest BCUT2D eigenvalue weighted by Crippen LogP contribution is -2.25. The molecule has 2 aromatic carbocycles. The number of hydrogen-bond donors (Lipinski definition) is 2. The van der Waals surface area contributed by atoms with Crippen molar-refractivity contribution in [2.24, 2.45) is 0 Å². The third-order valence-corrected chi connectivity index (χ3v) is 4.24. The molecular formula is C22H24N4O2. The molecular weight excluding hydrogens is 352 g/mol.